The Morgan fingerprint density at radius 1 is 1.38 bits per heavy atom. The second-order valence-electron chi connectivity index (χ2n) is 6.17. The number of fused-ring (bicyclic) bond motifs is 1. The van der Waals surface area contributed by atoms with E-state index in [0.717, 1.165) is 28.4 Å². The summed E-state index contributed by atoms with van der Waals surface area (Å²) >= 11 is 6.30. The highest BCUT2D eigenvalue weighted by molar-refractivity contribution is 6.35. The first-order valence-corrected chi connectivity index (χ1v) is 7.98. The molecule has 3 nitrogen and oxygen atoms in total. The van der Waals surface area contributed by atoms with E-state index < -0.39 is 0 Å². The summed E-state index contributed by atoms with van der Waals surface area (Å²) < 4.78 is 0. The smallest absolute Gasteiger partial charge is 0.0765 e. The monoisotopic (exact) mass is 303 g/mol. The Hall–Kier alpha value is -1.16. The summed E-state index contributed by atoms with van der Waals surface area (Å²) in [7, 11) is 0. The lowest BCUT2D eigenvalue weighted by Crippen LogP contribution is -2.36. The maximum Gasteiger partial charge on any atom is 0.0765 e. The van der Waals surface area contributed by atoms with Crippen molar-refractivity contribution < 1.29 is 0 Å². The summed E-state index contributed by atoms with van der Waals surface area (Å²) in [6.07, 6.45) is 3.06. The molecule has 1 aromatic heterocycles. The van der Waals surface area contributed by atoms with Crippen molar-refractivity contribution in [2.24, 2.45) is 11.7 Å². The van der Waals surface area contributed by atoms with E-state index in [1.54, 1.807) is 0 Å². The lowest BCUT2D eigenvalue weighted by Gasteiger charge is -2.31. The molecule has 0 saturated carbocycles. The lowest BCUT2D eigenvalue weighted by molar-refractivity contribution is 0.193. The van der Waals surface area contributed by atoms with Crippen LogP contribution in [-0.2, 0) is 0 Å². The van der Waals surface area contributed by atoms with Gasteiger partial charge in [0.25, 0.3) is 0 Å². The molecule has 2 heterocycles. The molecular formula is C17H22ClN3. The predicted octanol–water partition coefficient (Wildman–Crippen LogP) is 3.62. The Labute approximate surface area is 131 Å². The summed E-state index contributed by atoms with van der Waals surface area (Å²) in [5.74, 6) is 0.723. The topological polar surface area (TPSA) is 42.1 Å². The highest BCUT2D eigenvalue weighted by Crippen LogP contribution is 2.35. The summed E-state index contributed by atoms with van der Waals surface area (Å²) in [5, 5.41) is 1.76. The molecule has 112 valence electrons. The molecule has 2 N–H and O–H groups in total. The molecule has 1 aromatic carbocycles. The SMILES string of the molecule is CC1CC(C)N(C(CN)c2ccc(Cl)c3cccnc23)C1. The summed E-state index contributed by atoms with van der Waals surface area (Å²) in [6.45, 7) is 6.30. The van der Waals surface area contributed by atoms with Gasteiger partial charge in [-0.3, -0.25) is 9.88 Å². The number of benzene rings is 1. The molecule has 0 bridgehead atoms. The number of likely N-dealkylation sites (tertiary alicyclic amines) is 1. The number of pyridine rings is 1. The molecule has 3 atom stereocenters. The molecule has 3 unspecified atom stereocenters. The van der Waals surface area contributed by atoms with E-state index in [1.165, 1.54) is 12.0 Å². The van der Waals surface area contributed by atoms with Crippen molar-refractivity contribution in [3.63, 3.8) is 0 Å². The van der Waals surface area contributed by atoms with Gasteiger partial charge in [0.2, 0.25) is 0 Å². The lowest BCUT2D eigenvalue weighted by atomic mass is 10.0. The maximum absolute atomic E-state index is 6.30. The Kier molecular flexibility index (Phi) is 4.16. The highest BCUT2D eigenvalue weighted by Gasteiger charge is 2.32. The average Bonchev–Trinajstić information content (AvgIpc) is 2.81. The zero-order valence-corrected chi connectivity index (χ0v) is 13.3. The van der Waals surface area contributed by atoms with E-state index in [1.807, 2.05) is 24.4 Å². The van der Waals surface area contributed by atoms with Crippen molar-refractivity contribution in [2.75, 3.05) is 13.1 Å². The van der Waals surface area contributed by atoms with E-state index in [4.69, 9.17) is 17.3 Å². The van der Waals surface area contributed by atoms with Gasteiger partial charge in [0, 0.05) is 41.8 Å². The molecule has 1 aliphatic heterocycles. The van der Waals surface area contributed by atoms with Crippen LogP contribution in [0.25, 0.3) is 10.9 Å². The fourth-order valence-corrected chi connectivity index (χ4v) is 3.85. The second kappa shape index (κ2) is 5.91. The van der Waals surface area contributed by atoms with Gasteiger partial charge in [-0.05, 0) is 43.0 Å². The number of halogens is 1. The number of hydrogen-bond acceptors (Lipinski definition) is 3. The minimum absolute atomic E-state index is 0.208. The van der Waals surface area contributed by atoms with Gasteiger partial charge in [0.1, 0.15) is 0 Å². The van der Waals surface area contributed by atoms with Gasteiger partial charge in [-0.2, -0.15) is 0 Å². The first kappa shape index (κ1) is 14.8. The molecule has 21 heavy (non-hydrogen) atoms. The third kappa shape index (κ3) is 2.66. The van der Waals surface area contributed by atoms with Crippen LogP contribution in [0.2, 0.25) is 5.02 Å². The fourth-order valence-electron chi connectivity index (χ4n) is 3.64. The molecule has 2 aromatic rings. The average molecular weight is 304 g/mol. The van der Waals surface area contributed by atoms with Gasteiger partial charge in [-0.15, -0.1) is 0 Å². The first-order valence-electron chi connectivity index (χ1n) is 7.60. The molecule has 0 amide bonds. The summed E-state index contributed by atoms with van der Waals surface area (Å²) in [6, 6.07) is 8.77. The van der Waals surface area contributed by atoms with Gasteiger partial charge in [-0.1, -0.05) is 24.6 Å². The minimum atomic E-state index is 0.208. The van der Waals surface area contributed by atoms with Crippen LogP contribution >= 0.6 is 11.6 Å². The van der Waals surface area contributed by atoms with Crippen molar-refractivity contribution in [1.82, 2.24) is 9.88 Å². The molecule has 0 radical (unpaired) electrons. The Morgan fingerprint density at radius 3 is 2.86 bits per heavy atom. The van der Waals surface area contributed by atoms with E-state index in [9.17, 15) is 0 Å². The minimum Gasteiger partial charge on any atom is -0.329 e. The largest absolute Gasteiger partial charge is 0.329 e. The number of hydrogen-bond donors (Lipinski definition) is 1. The van der Waals surface area contributed by atoms with Crippen LogP contribution < -0.4 is 5.73 Å². The van der Waals surface area contributed by atoms with Crippen LogP contribution in [0.15, 0.2) is 30.5 Å². The van der Waals surface area contributed by atoms with Gasteiger partial charge >= 0.3 is 0 Å². The molecule has 4 heteroatoms. The zero-order chi connectivity index (χ0) is 15.0. The van der Waals surface area contributed by atoms with Gasteiger partial charge < -0.3 is 5.73 Å². The van der Waals surface area contributed by atoms with Gasteiger partial charge in [0.05, 0.1) is 5.52 Å². The third-order valence-electron chi connectivity index (χ3n) is 4.56. The van der Waals surface area contributed by atoms with Crippen molar-refractivity contribution in [1.29, 1.82) is 0 Å². The van der Waals surface area contributed by atoms with Crippen LogP contribution in [0, 0.1) is 5.92 Å². The van der Waals surface area contributed by atoms with Crippen LogP contribution in [0.3, 0.4) is 0 Å². The van der Waals surface area contributed by atoms with E-state index >= 15 is 0 Å². The van der Waals surface area contributed by atoms with E-state index in [2.05, 4.69) is 29.8 Å². The van der Waals surface area contributed by atoms with Crippen molar-refractivity contribution >= 4 is 22.5 Å². The number of rotatable bonds is 3. The van der Waals surface area contributed by atoms with Crippen LogP contribution in [-0.4, -0.2) is 29.0 Å². The number of nitrogens with two attached hydrogens (primary N) is 1. The first-order chi connectivity index (χ1) is 10.1. The summed E-state index contributed by atoms with van der Waals surface area (Å²) in [5.41, 5.74) is 8.29. The molecule has 0 spiro atoms. The highest BCUT2D eigenvalue weighted by atomic mass is 35.5. The van der Waals surface area contributed by atoms with Crippen LogP contribution in [0.4, 0.5) is 0 Å². The van der Waals surface area contributed by atoms with Gasteiger partial charge in [0.15, 0.2) is 0 Å². The molecule has 3 rings (SSSR count). The standard InChI is InChI=1S/C17H22ClN3/c1-11-8-12(2)21(10-11)16(9-19)14-5-6-15(18)13-4-3-7-20-17(13)14/h3-7,11-12,16H,8-10,19H2,1-2H3. The molecular weight excluding hydrogens is 282 g/mol. The van der Waals surface area contributed by atoms with Crippen molar-refractivity contribution in [2.45, 2.75) is 32.4 Å². The van der Waals surface area contributed by atoms with Crippen molar-refractivity contribution in [3.05, 3.63) is 41.0 Å². The number of nitrogens with zero attached hydrogens (tertiary/aromatic N) is 2. The molecule has 0 aliphatic carbocycles. The zero-order valence-electron chi connectivity index (χ0n) is 12.6. The second-order valence-corrected chi connectivity index (χ2v) is 6.58. The van der Waals surface area contributed by atoms with E-state index in [-0.39, 0.29) is 6.04 Å². The fraction of sp³-hybridized carbons (Fsp3) is 0.471. The van der Waals surface area contributed by atoms with Gasteiger partial charge in [-0.25, -0.2) is 0 Å². The normalized spacial score (nSPS) is 24.6. The van der Waals surface area contributed by atoms with Crippen LogP contribution in [0.5, 0.6) is 0 Å². The quantitative estimate of drug-likeness (QED) is 0.941. The molecule has 1 fully saturated rings. The van der Waals surface area contributed by atoms with E-state index in [0.29, 0.717) is 12.6 Å². The number of aromatic nitrogens is 1. The Balaban J connectivity index is 2.07. The van der Waals surface area contributed by atoms with Crippen molar-refractivity contribution in [3.8, 4) is 0 Å². The molecule has 1 saturated heterocycles. The Morgan fingerprint density at radius 2 is 2.19 bits per heavy atom. The Bertz CT molecular complexity index is 643. The van der Waals surface area contributed by atoms with Crippen LogP contribution in [0.1, 0.15) is 31.9 Å². The maximum atomic E-state index is 6.30. The predicted molar refractivity (Wildman–Crippen MR) is 88.5 cm³/mol. The third-order valence-corrected chi connectivity index (χ3v) is 4.89. The summed E-state index contributed by atoms with van der Waals surface area (Å²) in [4.78, 5) is 7.08. The molecule has 1 aliphatic rings.